The summed E-state index contributed by atoms with van der Waals surface area (Å²) < 4.78 is 22.9. The summed E-state index contributed by atoms with van der Waals surface area (Å²) >= 11 is 0. The van der Waals surface area contributed by atoms with Crippen molar-refractivity contribution in [2.24, 2.45) is 0 Å². The lowest BCUT2D eigenvalue weighted by Crippen LogP contribution is -2.14. The average molecular weight is 315 g/mol. The number of hydrogen-bond acceptors (Lipinski definition) is 6. The third-order valence-corrected chi connectivity index (χ3v) is 4.05. The second kappa shape index (κ2) is 7.37. The first-order chi connectivity index (χ1) is 9.71. The molecule has 1 N–H and O–H groups in total. The highest BCUT2D eigenvalue weighted by Crippen LogP contribution is 2.27. The predicted octanol–water partition coefficient (Wildman–Crippen LogP) is 1.75. The molecule has 118 valence electrons. The molecule has 0 amide bonds. The Morgan fingerprint density at radius 1 is 1.29 bits per heavy atom. The maximum atomic E-state index is 11.4. The minimum atomic E-state index is -3.45. The van der Waals surface area contributed by atoms with Crippen molar-refractivity contribution in [1.82, 2.24) is 4.90 Å². The van der Waals surface area contributed by atoms with Gasteiger partial charge in [-0.05, 0) is 45.6 Å². The minimum absolute atomic E-state index is 0.0487. The van der Waals surface area contributed by atoms with Crippen LogP contribution in [0.3, 0.4) is 0 Å². The smallest absolute Gasteiger partial charge is 0.293 e. The molecular weight excluding hydrogens is 294 g/mol. The molecule has 7 nitrogen and oxygen atoms in total. The van der Waals surface area contributed by atoms with Crippen molar-refractivity contribution in [2.75, 3.05) is 38.8 Å². The van der Waals surface area contributed by atoms with E-state index in [0.717, 1.165) is 31.7 Å². The number of unbranched alkanes of at least 4 members (excludes halogenated alkanes) is 1. The molecule has 0 unspecified atom stereocenters. The Morgan fingerprint density at radius 3 is 2.48 bits per heavy atom. The first-order valence-electron chi connectivity index (χ1n) is 6.59. The first-order valence-corrected chi connectivity index (χ1v) is 8.48. The molecule has 21 heavy (non-hydrogen) atoms. The maximum Gasteiger partial charge on any atom is 0.293 e. The Morgan fingerprint density at radius 2 is 1.95 bits per heavy atom. The molecule has 0 radical (unpaired) electrons. The quantitative estimate of drug-likeness (QED) is 0.446. The van der Waals surface area contributed by atoms with Gasteiger partial charge in [0.05, 0.1) is 9.82 Å². The van der Waals surface area contributed by atoms with E-state index in [2.05, 4.69) is 10.2 Å². The maximum absolute atomic E-state index is 11.4. The summed E-state index contributed by atoms with van der Waals surface area (Å²) in [6.45, 7) is 1.56. The summed E-state index contributed by atoms with van der Waals surface area (Å²) in [5.74, 6) is 0. The van der Waals surface area contributed by atoms with Gasteiger partial charge in [0, 0.05) is 18.9 Å². The largest absolute Gasteiger partial charge is 0.379 e. The molecule has 0 heterocycles. The molecule has 0 saturated heterocycles. The highest BCUT2D eigenvalue weighted by Gasteiger charge is 2.18. The molecule has 1 aromatic carbocycles. The summed E-state index contributed by atoms with van der Waals surface area (Å²) in [4.78, 5) is 12.5. The van der Waals surface area contributed by atoms with Crippen LogP contribution in [0.2, 0.25) is 0 Å². The van der Waals surface area contributed by atoms with Gasteiger partial charge in [-0.3, -0.25) is 10.1 Å². The van der Waals surface area contributed by atoms with E-state index in [4.69, 9.17) is 0 Å². The first kappa shape index (κ1) is 17.4. The number of nitrogens with one attached hydrogen (secondary N) is 1. The van der Waals surface area contributed by atoms with Gasteiger partial charge in [0.15, 0.2) is 9.84 Å². The van der Waals surface area contributed by atoms with Crippen molar-refractivity contribution in [3.63, 3.8) is 0 Å². The van der Waals surface area contributed by atoms with Crippen LogP contribution in [-0.2, 0) is 9.84 Å². The van der Waals surface area contributed by atoms with E-state index in [1.807, 2.05) is 14.1 Å². The van der Waals surface area contributed by atoms with Gasteiger partial charge >= 0.3 is 0 Å². The second-order valence-electron chi connectivity index (χ2n) is 5.15. The van der Waals surface area contributed by atoms with Gasteiger partial charge in [0.2, 0.25) is 0 Å². The Kier molecular flexibility index (Phi) is 6.10. The highest BCUT2D eigenvalue weighted by molar-refractivity contribution is 7.90. The van der Waals surface area contributed by atoms with E-state index in [0.29, 0.717) is 12.2 Å². The Labute approximate surface area is 125 Å². The molecule has 1 rings (SSSR count). The third-order valence-electron chi connectivity index (χ3n) is 2.94. The van der Waals surface area contributed by atoms with Crippen molar-refractivity contribution >= 4 is 21.2 Å². The number of nitro benzene ring substituents is 1. The highest BCUT2D eigenvalue weighted by atomic mass is 32.2. The van der Waals surface area contributed by atoms with Crippen LogP contribution in [0.1, 0.15) is 12.8 Å². The lowest BCUT2D eigenvalue weighted by molar-refractivity contribution is -0.384. The summed E-state index contributed by atoms with van der Waals surface area (Å²) in [5.41, 5.74) is 0.128. The van der Waals surface area contributed by atoms with Gasteiger partial charge in [0.25, 0.3) is 5.69 Å². The topological polar surface area (TPSA) is 92.6 Å². The fourth-order valence-electron chi connectivity index (χ4n) is 1.82. The van der Waals surface area contributed by atoms with E-state index < -0.39 is 14.8 Å². The van der Waals surface area contributed by atoms with Gasteiger partial charge in [-0.1, -0.05) is 0 Å². The molecule has 0 spiro atoms. The molecular formula is C13H21N3O4S. The number of sulfone groups is 1. The van der Waals surface area contributed by atoms with Crippen molar-refractivity contribution in [1.29, 1.82) is 0 Å². The van der Waals surface area contributed by atoms with E-state index in [9.17, 15) is 18.5 Å². The van der Waals surface area contributed by atoms with E-state index in [1.165, 1.54) is 12.1 Å². The van der Waals surface area contributed by atoms with Crippen molar-refractivity contribution < 1.29 is 13.3 Å². The summed E-state index contributed by atoms with van der Waals surface area (Å²) in [6.07, 6.45) is 2.89. The van der Waals surface area contributed by atoms with E-state index in [1.54, 1.807) is 0 Å². The Hall–Kier alpha value is -1.67. The summed E-state index contributed by atoms with van der Waals surface area (Å²) in [5, 5.41) is 14.0. The van der Waals surface area contributed by atoms with E-state index >= 15 is 0 Å². The zero-order chi connectivity index (χ0) is 16.0. The second-order valence-corrected chi connectivity index (χ2v) is 7.16. The van der Waals surface area contributed by atoms with Crippen LogP contribution in [0.4, 0.5) is 11.4 Å². The molecule has 8 heteroatoms. The summed E-state index contributed by atoms with van der Waals surface area (Å²) in [6, 6.07) is 3.92. The number of benzene rings is 1. The van der Waals surface area contributed by atoms with E-state index in [-0.39, 0.29) is 10.6 Å². The molecule has 0 atom stereocenters. The van der Waals surface area contributed by atoms with Crippen LogP contribution in [-0.4, -0.2) is 51.7 Å². The third kappa shape index (κ3) is 5.68. The van der Waals surface area contributed by atoms with Gasteiger partial charge in [0.1, 0.15) is 5.69 Å². The van der Waals surface area contributed by atoms with Gasteiger partial charge in [-0.25, -0.2) is 8.42 Å². The zero-order valence-electron chi connectivity index (χ0n) is 12.5. The van der Waals surface area contributed by atoms with Crippen LogP contribution < -0.4 is 5.32 Å². The fraction of sp³-hybridized carbons (Fsp3) is 0.538. The van der Waals surface area contributed by atoms with Crippen LogP contribution >= 0.6 is 0 Å². The number of nitro groups is 1. The van der Waals surface area contributed by atoms with Crippen molar-refractivity contribution in [2.45, 2.75) is 17.7 Å². The van der Waals surface area contributed by atoms with Gasteiger partial charge < -0.3 is 10.2 Å². The van der Waals surface area contributed by atoms with Crippen LogP contribution in [0.5, 0.6) is 0 Å². The Bertz CT molecular complexity index is 599. The monoisotopic (exact) mass is 315 g/mol. The molecule has 0 aliphatic heterocycles. The number of rotatable bonds is 8. The molecule has 0 aromatic heterocycles. The van der Waals surface area contributed by atoms with Crippen LogP contribution in [0.15, 0.2) is 23.1 Å². The predicted molar refractivity (Wildman–Crippen MR) is 82.5 cm³/mol. The number of nitrogens with zero attached hydrogens (tertiary/aromatic N) is 2. The lowest BCUT2D eigenvalue weighted by atomic mass is 10.2. The Balaban J connectivity index is 2.76. The van der Waals surface area contributed by atoms with Crippen molar-refractivity contribution in [3.05, 3.63) is 28.3 Å². The number of hydrogen-bond donors (Lipinski definition) is 1. The van der Waals surface area contributed by atoms with Crippen LogP contribution in [0, 0.1) is 10.1 Å². The summed E-state index contributed by atoms with van der Waals surface area (Å²) in [7, 11) is 0.525. The van der Waals surface area contributed by atoms with Gasteiger partial charge in [-0.2, -0.15) is 0 Å². The zero-order valence-corrected chi connectivity index (χ0v) is 13.3. The normalized spacial score (nSPS) is 11.6. The molecule has 0 aliphatic carbocycles. The van der Waals surface area contributed by atoms with Gasteiger partial charge in [-0.15, -0.1) is 0 Å². The van der Waals surface area contributed by atoms with Crippen LogP contribution in [0.25, 0.3) is 0 Å². The molecule has 1 aromatic rings. The van der Waals surface area contributed by atoms with Crippen molar-refractivity contribution in [3.8, 4) is 0 Å². The molecule has 0 bridgehead atoms. The fourth-order valence-corrected chi connectivity index (χ4v) is 2.46. The minimum Gasteiger partial charge on any atom is -0.379 e. The molecule has 0 saturated carbocycles. The lowest BCUT2D eigenvalue weighted by Gasteiger charge is -2.10. The average Bonchev–Trinajstić information content (AvgIpc) is 2.36. The SMILES string of the molecule is CN(C)CCCCNc1ccc(S(C)(=O)=O)cc1[N+](=O)[O-]. The molecule has 0 fully saturated rings. The molecule has 0 aliphatic rings. The standard InChI is InChI=1S/C13H21N3O4S/c1-15(2)9-5-4-8-14-12-7-6-11(21(3,19)20)10-13(12)16(17)18/h6-7,10,14H,4-5,8-9H2,1-3H3. The number of anilines is 1.